The molecule has 0 saturated carbocycles. The molecule has 0 radical (unpaired) electrons. The lowest BCUT2D eigenvalue weighted by molar-refractivity contribution is -0.140. The van der Waals surface area contributed by atoms with Crippen molar-refractivity contribution in [3.05, 3.63) is 29.8 Å². The van der Waals surface area contributed by atoms with E-state index in [9.17, 15) is 4.79 Å². The fraction of sp³-hybridized carbons (Fsp3) is 0.417. The van der Waals surface area contributed by atoms with Crippen LogP contribution >= 0.6 is 15.9 Å². The highest BCUT2D eigenvalue weighted by Gasteiger charge is 2.16. The number of carbonyl (C=O) groups excluding carboxylic acids is 1. The van der Waals surface area contributed by atoms with Gasteiger partial charge in [-0.3, -0.25) is 4.79 Å². The van der Waals surface area contributed by atoms with Crippen molar-refractivity contribution < 1.29 is 14.3 Å². The maximum absolute atomic E-state index is 11.1. The molecule has 1 aromatic carbocycles. The van der Waals surface area contributed by atoms with E-state index in [0.717, 1.165) is 17.7 Å². The van der Waals surface area contributed by atoms with Crippen molar-refractivity contribution in [1.82, 2.24) is 0 Å². The molecule has 0 heterocycles. The summed E-state index contributed by atoms with van der Waals surface area (Å²) in [4.78, 5) is 10.7. The van der Waals surface area contributed by atoms with Crippen LogP contribution in [-0.2, 0) is 16.0 Å². The monoisotopic (exact) mass is 286 g/mol. The molecule has 0 aliphatic rings. The molecule has 0 spiro atoms. The number of hydrogen-bond donors (Lipinski definition) is 0. The minimum absolute atomic E-state index is 0.268. The molecule has 1 unspecified atom stereocenters. The SMILES string of the molecule is CCc1ccccc1OCC(Br)C(=O)OC. The largest absolute Gasteiger partial charge is 0.492 e. The fourth-order valence-corrected chi connectivity index (χ4v) is 1.61. The normalized spacial score (nSPS) is 11.9. The summed E-state index contributed by atoms with van der Waals surface area (Å²) >= 11 is 3.21. The van der Waals surface area contributed by atoms with E-state index in [0.29, 0.717) is 0 Å². The van der Waals surface area contributed by atoms with Crippen molar-refractivity contribution in [2.24, 2.45) is 0 Å². The van der Waals surface area contributed by atoms with Gasteiger partial charge in [-0.1, -0.05) is 41.1 Å². The summed E-state index contributed by atoms with van der Waals surface area (Å²) in [5.74, 6) is 0.493. The predicted octanol–water partition coefficient (Wildman–Crippen LogP) is 2.56. The van der Waals surface area contributed by atoms with Gasteiger partial charge >= 0.3 is 5.97 Å². The quantitative estimate of drug-likeness (QED) is 0.617. The number of para-hydroxylation sites is 1. The van der Waals surface area contributed by atoms with Gasteiger partial charge in [0.2, 0.25) is 0 Å². The van der Waals surface area contributed by atoms with Gasteiger partial charge in [-0.15, -0.1) is 0 Å². The third-order valence-corrected chi connectivity index (χ3v) is 2.83. The van der Waals surface area contributed by atoms with E-state index >= 15 is 0 Å². The van der Waals surface area contributed by atoms with Crippen LogP contribution in [0.4, 0.5) is 0 Å². The summed E-state index contributed by atoms with van der Waals surface area (Å²) in [5.41, 5.74) is 1.13. The second-order valence-corrected chi connectivity index (χ2v) is 4.37. The Hall–Kier alpha value is -1.03. The van der Waals surface area contributed by atoms with E-state index in [-0.39, 0.29) is 12.6 Å². The molecule has 0 fully saturated rings. The molecule has 3 nitrogen and oxygen atoms in total. The van der Waals surface area contributed by atoms with Gasteiger partial charge in [0.1, 0.15) is 17.2 Å². The second kappa shape index (κ2) is 6.53. The van der Waals surface area contributed by atoms with Crippen molar-refractivity contribution >= 4 is 21.9 Å². The number of hydrogen-bond acceptors (Lipinski definition) is 3. The zero-order valence-corrected chi connectivity index (χ0v) is 11.0. The number of aryl methyl sites for hydroxylation is 1. The second-order valence-electron chi connectivity index (χ2n) is 3.26. The maximum atomic E-state index is 11.1. The molecule has 1 atom stereocenters. The van der Waals surface area contributed by atoms with Gasteiger partial charge in [0, 0.05) is 0 Å². The zero-order chi connectivity index (χ0) is 12.0. The molecule has 1 aromatic rings. The maximum Gasteiger partial charge on any atom is 0.322 e. The third kappa shape index (κ3) is 3.52. The highest BCUT2D eigenvalue weighted by Crippen LogP contribution is 2.19. The molecule has 88 valence electrons. The van der Waals surface area contributed by atoms with Crippen molar-refractivity contribution in [2.45, 2.75) is 18.2 Å². The van der Waals surface area contributed by atoms with E-state index in [1.165, 1.54) is 7.11 Å². The van der Waals surface area contributed by atoms with Crippen LogP contribution in [0.3, 0.4) is 0 Å². The Morgan fingerprint density at radius 2 is 2.12 bits per heavy atom. The number of halogens is 1. The molecule has 16 heavy (non-hydrogen) atoms. The van der Waals surface area contributed by atoms with E-state index in [2.05, 4.69) is 27.6 Å². The van der Waals surface area contributed by atoms with Crippen LogP contribution in [0.15, 0.2) is 24.3 Å². The molecule has 0 bridgehead atoms. The van der Waals surface area contributed by atoms with Crippen LogP contribution in [0.2, 0.25) is 0 Å². The summed E-state index contributed by atoms with van der Waals surface area (Å²) in [6.07, 6.45) is 0.904. The van der Waals surface area contributed by atoms with Gasteiger partial charge in [0.15, 0.2) is 0 Å². The van der Waals surface area contributed by atoms with Crippen LogP contribution in [-0.4, -0.2) is 24.5 Å². The standard InChI is InChI=1S/C12H15BrO3/c1-3-9-6-4-5-7-11(9)16-8-10(13)12(14)15-2/h4-7,10H,3,8H2,1-2H3. The number of ether oxygens (including phenoxy) is 2. The van der Waals surface area contributed by atoms with Gasteiger partial charge in [-0.2, -0.15) is 0 Å². The van der Waals surface area contributed by atoms with Crippen LogP contribution < -0.4 is 4.74 Å². The van der Waals surface area contributed by atoms with E-state index in [1.807, 2.05) is 24.3 Å². The molecular formula is C12H15BrO3. The topological polar surface area (TPSA) is 35.5 Å². The Kier molecular flexibility index (Phi) is 5.32. The Morgan fingerprint density at radius 1 is 1.44 bits per heavy atom. The molecule has 4 heteroatoms. The van der Waals surface area contributed by atoms with Crippen LogP contribution in [0, 0.1) is 0 Å². The minimum atomic E-state index is -0.428. The smallest absolute Gasteiger partial charge is 0.322 e. The van der Waals surface area contributed by atoms with Crippen molar-refractivity contribution in [2.75, 3.05) is 13.7 Å². The summed E-state index contributed by atoms with van der Waals surface area (Å²) in [6, 6.07) is 7.79. The molecule has 0 amide bonds. The molecule has 0 N–H and O–H groups in total. The number of benzene rings is 1. The third-order valence-electron chi connectivity index (χ3n) is 2.20. The number of alkyl halides is 1. The van der Waals surface area contributed by atoms with Crippen molar-refractivity contribution in [1.29, 1.82) is 0 Å². The lowest BCUT2D eigenvalue weighted by Gasteiger charge is -2.12. The lowest BCUT2D eigenvalue weighted by atomic mass is 10.1. The van der Waals surface area contributed by atoms with E-state index in [1.54, 1.807) is 0 Å². The minimum Gasteiger partial charge on any atom is -0.492 e. The average molecular weight is 287 g/mol. The molecule has 1 rings (SSSR count). The highest BCUT2D eigenvalue weighted by atomic mass is 79.9. The summed E-state index contributed by atoms with van der Waals surface area (Å²) in [7, 11) is 1.36. The average Bonchev–Trinajstić information content (AvgIpc) is 2.35. The van der Waals surface area contributed by atoms with Gasteiger partial charge in [0.05, 0.1) is 7.11 Å². The first-order valence-corrected chi connectivity index (χ1v) is 6.03. The summed E-state index contributed by atoms with van der Waals surface area (Å²) in [6.45, 7) is 2.33. The van der Waals surface area contributed by atoms with Crippen LogP contribution in [0.25, 0.3) is 0 Å². The van der Waals surface area contributed by atoms with Gasteiger partial charge in [-0.25, -0.2) is 0 Å². The first-order valence-electron chi connectivity index (χ1n) is 5.11. The predicted molar refractivity (Wildman–Crippen MR) is 66.0 cm³/mol. The Labute approximate surface area is 104 Å². The zero-order valence-electron chi connectivity index (χ0n) is 9.40. The summed E-state index contributed by atoms with van der Waals surface area (Å²) < 4.78 is 10.2. The molecule has 0 aliphatic carbocycles. The number of rotatable bonds is 5. The van der Waals surface area contributed by atoms with Crippen LogP contribution in [0.5, 0.6) is 5.75 Å². The van der Waals surface area contributed by atoms with E-state index < -0.39 is 4.83 Å². The number of carbonyl (C=O) groups is 1. The Morgan fingerprint density at radius 3 is 2.75 bits per heavy atom. The molecule has 0 saturated heterocycles. The van der Waals surface area contributed by atoms with Gasteiger partial charge in [-0.05, 0) is 18.1 Å². The van der Waals surface area contributed by atoms with E-state index in [4.69, 9.17) is 4.74 Å². The van der Waals surface area contributed by atoms with Gasteiger partial charge < -0.3 is 9.47 Å². The van der Waals surface area contributed by atoms with Crippen LogP contribution in [0.1, 0.15) is 12.5 Å². The molecule has 0 aliphatic heterocycles. The fourth-order valence-electron chi connectivity index (χ4n) is 1.30. The highest BCUT2D eigenvalue weighted by molar-refractivity contribution is 9.10. The molecule has 0 aromatic heterocycles. The Bertz CT molecular complexity index is 352. The Balaban J connectivity index is 2.57. The molecular weight excluding hydrogens is 272 g/mol. The van der Waals surface area contributed by atoms with Crippen molar-refractivity contribution in [3.63, 3.8) is 0 Å². The number of esters is 1. The number of methoxy groups -OCH3 is 1. The first-order chi connectivity index (χ1) is 7.69. The summed E-state index contributed by atoms with van der Waals surface area (Å²) in [5, 5.41) is 0. The van der Waals surface area contributed by atoms with Gasteiger partial charge in [0.25, 0.3) is 0 Å². The first kappa shape index (κ1) is 13.0. The lowest BCUT2D eigenvalue weighted by Crippen LogP contribution is -2.23. The van der Waals surface area contributed by atoms with Crippen molar-refractivity contribution in [3.8, 4) is 5.75 Å².